The molecule has 5 atom stereocenters. The molecule has 0 amide bonds. The quantitative estimate of drug-likeness (QED) is 0.686. The Morgan fingerprint density at radius 3 is 2.38 bits per heavy atom. The lowest BCUT2D eigenvalue weighted by Crippen LogP contribution is -2.55. The minimum Gasteiger partial charge on any atom is -0.387 e. The fraction of sp³-hybridized carbons (Fsp3) is 0.833. The zero-order chi connectivity index (χ0) is 12.1. The number of hydrogen-bond acceptors (Lipinski definition) is 4. The SMILES string of the molecule is C=C(C)C1OC(C)C2OC(C)(C)OC2C1O. The van der Waals surface area contributed by atoms with Crippen molar-refractivity contribution in [2.75, 3.05) is 0 Å². The zero-order valence-electron chi connectivity index (χ0n) is 10.3. The average Bonchev–Trinajstić information content (AvgIpc) is 2.48. The van der Waals surface area contributed by atoms with Gasteiger partial charge < -0.3 is 19.3 Å². The lowest BCUT2D eigenvalue weighted by Gasteiger charge is -2.39. The fourth-order valence-corrected chi connectivity index (χ4v) is 2.41. The van der Waals surface area contributed by atoms with Gasteiger partial charge in [0.25, 0.3) is 0 Å². The van der Waals surface area contributed by atoms with Crippen molar-refractivity contribution < 1.29 is 19.3 Å². The Bertz CT molecular complexity index is 299. The Morgan fingerprint density at radius 1 is 1.25 bits per heavy atom. The van der Waals surface area contributed by atoms with Crippen molar-refractivity contribution in [1.82, 2.24) is 0 Å². The predicted octanol–water partition coefficient (Wildman–Crippen LogP) is 1.23. The summed E-state index contributed by atoms with van der Waals surface area (Å²) in [5.74, 6) is -0.655. The van der Waals surface area contributed by atoms with Gasteiger partial charge in [-0.3, -0.25) is 0 Å². The van der Waals surface area contributed by atoms with E-state index in [4.69, 9.17) is 14.2 Å². The maximum Gasteiger partial charge on any atom is 0.164 e. The van der Waals surface area contributed by atoms with Crippen molar-refractivity contribution >= 4 is 0 Å². The van der Waals surface area contributed by atoms with Crippen LogP contribution in [0.15, 0.2) is 12.2 Å². The van der Waals surface area contributed by atoms with Crippen molar-refractivity contribution in [1.29, 1.82) is 0 Å². The first-order valence-corrected chi connectivity index (χ1v) is 5.66. The van der Waals surface area contributed by atoms with Gasteiger partial charge in [-0.25, -0.2) is 0 Å². The van der Waals surface area contributed by atoms with Gasteiger partial charge in [-0.15, -0.1) is 0 Å². The third-order valence-electron chi connectivity index (χ3n) is 3.12. The van der Waals surface area contributed by atoms with E-state index in [1.807, 2.05) is 27.7 Å². The van der Waals surface area contributed by atoms with Gasteiger partial charge in [0, 0.05) is 0 Å². The summed E-state index contributed by atoms with van der Waals surface area (Å²) in [4.78, 5) is 0. The van der Waals surface area contributed by atoms with E-state index in [1.165, 1.54) is 0 Å². The Morgan fingerprint density at radius 2 is 1.81 bits per heavy atom. The van der Waals surface area contributed by atoms with Gasteiger partial charge in [0.05, 0.1) is 6.10 Å². The lowest BCUT2D eigenvalue weighted by molar-refractivity contribution is -0.168. The largest absolute Gasteiger partial charge is 0.387 e. The minimum atomic E-state index is -0.708. The molecule has 4 nitrogen and oxygen atoms in total. The highest BCUT2D eigenvalue weighted by atomic mass is 16.8. The molecule has 2 heterocycles. The molecule has 0 bridgehead atoms. The van der Waals surface area contributed by atoms with E-state index in [-0.39, 0.29) is 24.4 Å². The van der Waals surface area contributed by atoms with Crippen LogP contribution in [0.25, 0.3) is 0 Å². The van der Waals surface area contributed by atoms with E-state index in [9.17, 15) is 5.11 Å². The summed E-state index contributed by atoms with van der Waals surface area (Å²) >= 11 is 0. The molecule has 2 saturated heterocycles. The molecule has 5 unspecified atom stereocenters. The Labute approximate surface area is 96.2 Å². The van der Waals surface area contributed by atoms with Gasteiger partial charge in [-0.05, 0) is 33.3 Å². The second-order valence-electron chi connectivity index (χ2n) is 5.16. The van der Waals surface area contributed by atoms with Crippen LogP contribution in [-0.2, 0) is 14.2 Å². The van der Waals surface area contributed by atoms with Crippen molar-refractivity contribution in [2.45, 2.75) is 64.0 Å². The van der Waals surface area contributed by atoms with E-state index in [2.05, 4.69) is 6.58 Å². The molecule has 16 heavy (non-hydrogen) atoms. The number of aliphatic hydroxyl groups excluding tert-OH is 1. The molecule has 0 aliphatic carbocycles. The molecule has 4 heteroatoms. The second-order valence-corrected chi connectivity index (χ2v) is 5.16. The smallest absolute Gasteiger partial charge is 0.164 e. The molecule has 0 aromatic carbocycles. The van der Waals surface area contributed by atoms with Crippen LogP contribution in [0.2, 0.25) is 0 Å². The first kappa shape index (κ1) is 12.0. The van der Waals surface area contributed by atoms with Crippen LogP contribution in [-0.4, -0.2) is 41.4 Å². The van der Waals surface area contributed by atoms with Crippen LogP contribution in [0.4, 0.5) is 0 Å². The Hall–Kier alpha value is -0.420. The third-order valence-corrected chi connectivity index (χ3v) is 3.12. The van der Waals surface area contributed by atoms with Crippen LogP contribution in [0.5, 0.6) is 0 Å². The van der Waals surface area contributed by atoms with Crippen LogP contribution in [0, 0.1) is 0 Å². The number of aliphatic hydroxyl groups is 1. The number of hydrogen-bond donors (Lipinski definition) is 1. The molecule has 0 radical (unpaired) electrons. The molecule has 0 spiro atoms. The Balaban J connectivity index is 2.21. The van der Waals surface area contributed by atoms with Crippen LogP contribution >= 0.6 is 0 Å². The van der Waals surface area contributed by atoms with Crippen LogP contribution in [0.1, 0.15) is 27.7 Å². The van der Waals surface area contributed by atoms with Crippen LogP contribution in [0.3, 0.4) is 0 Å². The number of rotatable bonds is 1. The summed E-state index contributed by atoms with van der Waals surface area (Å²) in [6.45, 7) is 11.3. The highest BCUT2D eigenvalue weighted by Gasteiger charge is 2.53. The molecular formula is C12H20O4. The normalized spacial score (nSPS) is 46.4. The van der Waals surface area contributed by atoms with Gasteiger partial charge in [-0.2, -0.15) is 0 Å². The van der Waals surface area contributed by atoms with Crippen LogP contribution < -0.4 is 0 Å². The van der Waals surface area contributed by atoms with Gasteiger partial charge >= 0.3 is 0 Å². The molecule has 2 aliphatic heterocycles. The molecule has 2 aliphatic rings. The van der Waals surface area contributed by atoms with Crippen molar-refractivity contribution in [2.24, 2.45) is 0 Å². The molecule has 1 N–H and O–H groups in total. The lowest BCUT2D eigenvalue weighted by atomic mass is 9.93. The molecule has 0 aromatic heterocycles. The summed E-state index contributed by atoms with van der Waals surface area (Å²) in [7, 11) is 0. The molecule has 2 fully saturated rings. The molecule has 0 aromatic rings. The van der Waals surface area contributed by atoms with Crippen molar-refractivity contribution in [3.05, 3.63) is 12.2 Å². The summed E-state index contributed by atoms with van der Waals surface area (Å²) in [5.41, 5.74) is 0.811. The molecule has 0 saturated carbocycles. The summed E-state index contributed by atoms with van der Waals surface area (Å²) in [5, 5.41) is 10.2. The van der Waals surface area contributed by atoms with E-state index < -0.39 is 11.9 Å². The standard InChI is InChI=1S/C12H20O4/c1-6(2)9-8(13)11-10(7(3)14-9)15-12(4,5)16-11/h7-11,13H,1H2,2-5H3. The first-order valence-electron chi connectivity index (χ1n) is 5.66. The zero-order valence-corrected chi connectivity index (χ0v) is 10.3. The molecule has 92 valence electrons. The molecule has 2 rings (SSSR count). The highest BCUT2D eigenvalue weighted by molar-refractivity contribution is 5.09. The minimum absolute atomic E-state index is 0.100. The van der Waals surface area contributed by atoms with Gasteiger partial charge in [0.1, 0.15) is 24.4 Å². The van der Waals surface area contributed by atoms with E-state index in [0.717, 1.165) is 5.57 Å². The topological polar surface area (TPSA) is 47.9 Å². The first-order chi connectivity index (χ1) is 7.32. The second kappa shape index (κ2) is 3.81. The number of ether oxygens (including phenoxy) is 3. The van der Waals surface area contributed by atoms with E-state index >= 15 is 0 Å². The summed E-state index contributed by atoms with van der Waals surface area (Å²) < 4.78 is 17.2. The summed E-state index contributed by atoms with van der Waals surface area (Å²) in [6.07, 6.45) is -1.72. The van der Waals surface area contributed by atoms with Gasteiger partial charge in [0.2, 0.25) is 0 Å². The van der Waals surface area contributed by atoms with Gasteiger partial charge in [-0.1, -0.05) is 6.58 Å². The highest BCUT2D eigenvalue weighted by Crippen LogP contribution is 2.38. The van der Waals surface area contributed by atoms with Gasteiger partial charge in [0.15, 0.2) is 5.79 Å². The number of fused-ring (bicyclic) bond motifs is 1. The maximum absolute atomic E-state index is 10.2. The van der Waals surface area contributed by atoms with Crippen molar-refractivity contribution in [3.8, 4) is 0 Å². The predicted molar refractivity (Wildman–Crippen MR) is 59.0 cm³/mol. The maximum atomic E-state index is 10.2. The van der Waals surface area contributed by atoms with Crippen molar-refractivity contribution in [3.63, 3.8) is 0 Å². The third kappa shape index (κ3) is 1.91. The average molecular weight is 228 g/mol. The fourth-order valence-electron chi connectivity index (χ4n) is 2.41. The summed E-state index contributed by atoms with van der Waals surface area (Å²) in [6, 6.07) is 0. The monoisotopic (exact) mass is 228 g/mol. The van der Waals surface area contributed by atoms with E-state index in [1.54, 1.807) is 0 Å². The van der Waals surface area contributed by atoms with E-state index in [0.29, 0.717) is 0 Å². The Kier molecular flexibility index (Phi) is 2.87. The molecular weight excluding hydrogens is 208 g/mol.